The van der Waals surface area contributed by atoms with Crippen LogP contribution in [0.1, 0.15) is 55.1 Å². The van der Waals surface area contributed by atoms with E-state index in [-0.39, 0.29) is 18.1 Å². The molecule has 2 aromatic rings. The van der Waals surface area contributed by atoms with Crippen LogP contribution in [-0.2, 0) is 11.8 Å². The Kier molecular flexibility index (Phi) is 6.37. The Hall–Kier alpha value is -2.68. The quantitative estimate of drug-likeness (QED) is 0.763. The Labute approximate surface area is 162 Å². The van der Waals surface area contributed by atoms with Crippen LogP contribution >= 0.6 is 11.3 Å². The van der Waals surface area contributed by atoms with Gasteiger partial charge in [0.05, 0.1) is 22.7 Å². The molecule has 27 heavy (non-hydrogen) atoms. The maximum absolute atomic E-state index is 12.6. The van der Waals surface area contributed by atoms with Crippen molar-refractivity contribution in [3.05, 3.63) is 33.5 Å². The lowest BCUT2D eigenvalue weighted by atomic mass is 10.1. The van der Waals surface area contributed by atoms with E-state index in [1.54, 1.807) is 41.1 Å². The SMILES string of the molecule is CCCOC(=O)c1c(NC(=O)c2cc(C)nn2C)sc(C(=O)N(C)C)c1C. The Morgan fingerprint density at radius 1 is 1.30 bits per heavy atom. The second-order valence-electron chi connectivity index (χ2n) is 6.34. The number of carbonyl (C=O) groups excluding carboxylic acids is 3. The van der Waals surface area contributed by atoms with E-state index in [0.717, 1.165) is 11.3 Å². The predicted octanol–water partition coefficient (Wildman–Crippen LogP) is 2.62. The normalized spacial score (nSPS) is 10.6. The second kappa shape index (κ2) is 8.34. The van der Waals surface area contributed by atoms with Crippen LogP contribution in [0.5, 0.6) is 0 Å². The number of nitrogens with one attached hydrogen (secondary N) is 1. The Morgan fingerprint density at radius 3 is 2.48 bits per heavy atom. The van der Waals surface area contributed by atoms with E-state index >= 15 is 0 Å². The van der Waals surface area contributed by atoms with Crippen LogP contribution in [0.25, 0.3) is 0 Å². The smallest absolute Gasteiger partial charge is 0.341 e. The maximum Gasteiger partial charge on any atom is 0.341 e. The molecule has 0 aliphatic carbocycles. The number of carbonyl (C=O) groups is 3. The summed E-state index contributed by atoms with van der Waals surface area (Å²) in [5, 5.41) is 7.19. The third-order valence-corrected chi connectivity index (χ3v) is 5.05. The zero-order valence-corrected chi connectivity index (χ0v) is 17.2. The molecule has 2 amide bonds. The fourth-order valence-corrected chi connectivity index (χ4v) is 3.72. The molecule has 0 aromatic carbocycles. The minimum atomic E-state index is -0.556. The largest absolute Gasteiger partial charge is 0.462 e. The third-order valence-electron chi connectivity index (χ3n) is 3.85. The van der Waals surface area contributed by atoms with Crippen LogP contribution < -0.4 is 5.32 Å². The number of nitrogens with zero attached hydrogens (tertiary/aromatic N) is 3. The molecule has 8 nitrogen and oxygen atoms in total. The molecule has 0 aliphatic rings. The van der Waals surface area contributed by atoms with Crippen LogP contribution in [0, 0.1) is 13.8 Å². The summed E-state index contributed by atoms with van der Waals surface area (Å²) >= 11 is 1.07. The van der Waals surface area contributed by atoms with Gasteiger partial charge in [-0.15, -0.1) is 11.3 Å². The van der Waals surface area contributed by atoms with Crippen molar-refractivity contribution < 1.29 is 19.1 Å². The molecular formula is C18H24N4O4S. The maximum atomic E-state index is 12.6. The van der Waals surface area contributed by atoms with Crippen LogP contribution in [-0.4, -0.2) is 53.2 Å². The van der Waals surface area contributed by atoms with Crippen molar-refractivity contribution >= 4 is 34.1 Å². The second-order valence-corrected chi connectivity index (χ2v) is 7.37. The van der Waals surface area contributed by atoms with Crippen LogP contribution in [0.4, 0.5) is 5.00 Å². The minimum Gasteiger partial charge on any atom is -0.462 e. The van der Waals surface area contributed by atoms with Gasteiger partial charge in [0.25, 0.3) is 11.8 Å². The van der Waals surface area contributed by atoms with E-state index in [2.05, 4.69) is 10.4 Å². The number of thiophene rings is 1. The van der Waals surface area contributed by atoms with Gasteiger partial charge in [0.2, 0.25) is 0 Å². The molecule has 9 heteroatoms. The lowest BCUT2D eigenvalue weighted by Crippen LogP contribution is -2.21. The number of rotatable bonds is 6. The lowest BCUT2D eigenvalue weighted by Gasteiger charge is -2.09. The molecule has 0 saturated carbocycles. The highest BCUT2D eigenvalue weighted by atomic mass is 32.1. The first-order chi connectivity index (χ1) is 12.7. The van der Waals surface area contributed by atoms with Gasteiger partial charge in [-0.2, -0.15) is 5.10 Å². The average molecular weight is 392 g/mol. The number of aromatic nitrogens is 2. The number of aryl methyl sites for hydroxylation is 2. The number of esters is 1. The molecule has 0 aliphatic heterocycles. The number of anilines is 1. The van der Waals surface area contributed by atoms with Crippen molar-refractivity contribution in [3.63, 3.8) is 0 Å². The molecule has 0 fully saturated rings. The van der Waals surface area contributed by atoms with Gasteiger partial charge in [-0.3, -0.25) is 14.3 Å². The van der Waals surface area contributed by atoms with Crippen LogP contribution in [0.2, 0.25) is 0 Å². The zero-order chi connectivity index (χ0) is 20.3. The molecule has 0 saturated heterocycles. The molecule has 1 N–H and O–H groups in total. The molecule has 0 radical (unpaired) electrons. The van der Waals surface area contributed by atoms with Gasteiger partial charge in [-0.25, -0.2) is 4.79 Å². The van der Waals surface area contributed by atoms with Gasteiger partial charge in [-0.05, 0) is 31.9 Å². The number of hydrogen-bond donors (Lipinski definition) is 1. The third kappa shape index (κ3) is 4.36. The van der Waals surface area contributed by atoms with E-state index in [1.165, 1.54) is 9.58 Å². The van der Waals surface area contributed by atoms with Gasteiger partial charge in [0.15, 0.2) is 0 Å². The zero-order valence-electron chi connectivity index (χ0n) is 16.4. The summed E-state index contributed by atoms with van der Waals surface area (Å²) in [6, 6.07) is 1.65. The molecule has 0 bridgehead atoms. The lowest BCUT2D eigenvalue weighted by molar-refractivity contribution is 0.0506. The van der Waals surface area contributed by atoms with Gasteiger partial charge >= 0.3 is 5.97 Å². The Balaban J connectivity index is 2.45. The monoisotopic (exact) mass is 392 g/mol. The standard InChI is InChI=1S/C18H24N4O4S/c1-7-8-26-18(25)13-11(3)14(17(24)21(4)5)27-16(13)19-15(23)12-9-10(2)20-22(12)6/h9H,7-8H2,1-6H3,(H,19,23). The van der Waals surface area contributed by atoms with Crippen LogP contribution in [0.3, 0.4) is 0 Å². The molecule has 146 valence electrons. The number of ether oxygens (including phenoxy) is 1. The number of hydrogen-bond acceptors (Lipinski definition) is 6. The highest BCUT2D eigenvalue weighted by Crippen LogP contribution is 2.34. The summed E-state index contributed by atoms with van der Waals surface area (Å²) in [5.74, 6) is -1.20. The van der Waals surface area contributed by atoms with Crippen molar-refractivity contribution in [2.24, 2.45) is 7.05 Å². The van der Waals surface area contributed by atoms with E-state index < -0.39 is 11.9 Å². The molecule has 2 heterocycles. The van der Waals surface area contributed by atoms with Crippen LogP contribution in [0.15, 0.2) is 6.07 Å². The Bertz CT molecular complexity index is 882. The minimum absolute atomic E-state index is 0.214. The van der Waals surface area contributed by atoms with Crippen molar-refractivity contribution in [3.8, 4) is 0 Å². The first-order valence-corrected chi connectivity index (χ1v) is 9.33. The molecular weight excluding hydrogens is 368 g/mol. The summed E-state index contributed by atoms with van der Waals surface area (Å²) < 4.78 is 6.71. The van der Waals surface area contributed by atoms with Gasteiger partial charge in [0.1, 0.15) is 10.7 Å². The van der Waals surface area contributed by atoms with Crippen molar-refractivity contribution in [1.29, 1.82) is 0 Å². The first kappa shape index (κ1) is 20.6. The van der Waals surface area contributed by atoms with Gasteiger partial charge < -0.3 is 15.0 Å². The molecule has 2 rings (SSSR count). The summed E-state index contributed by atoms with van der Waals surface area (Å²) in [7, 11) is 4.93. The van der Waals surface area contributed by atoms with E-state index in [1.807, 2.05) is 6.92 Å². The van der Waals surface area contributed by atoms with E-state index in [0.29, 0.717) is 33.3 Å². The first-order valence-electron chi connectivity index (χ1n) is 8.51. The van der Waals surface area contributed by atoms with Crippen molar-refractivity contribution in [1.82, 2.24) is 14.7 Å². The highest BCUT2D eigenvalue weighted by molar-refractivity contribution is 7.18. The molecule has 0 spiro atoms. The molecule has 2 aromatic heterocycles. The van der Waals surface area contributed by atoms with Crippen molar-refractivity contribution in [2.45, 2.75) is 27.2 Å². The van der Waals surface area contributed by atoms with E-state index in [4.69, 9.17) is 4.74 Å². The average Bonchev–Trinajstić information content (AvgIpc) is 3.10. The predicted molar refractivity (Wildman–Crippen MR) is 104 cm³/mol. The fourth-order valence-electron chi connectivity index (χ4n) is 2.51. The number of amides is 2. The topological polar surface area (TPSA) is 93.5 Å². The summed E-state index contributed by atoms with van der Waals surface area (Å²) in [5.41, 5.74) is 1.77. The molecule has 0 unspecified atom stereocenters. The highest BCUT2D eigenvalue weighted by Gasteiger charge is 2.28. The summed E-state index contributed by atoms with van der Waals surface area (Å²) in [4.78, 5) is 39.4. The fraction of sp³-hybridized carbons (Fsp3) is 0.444. The van der Waals surface area contributed by atoms with Gasteiger partial charge in [0, 0.05) is 21.1 Å². The van der Waals surface area contributed by atoms with Crippen molar-refractivity contribution in [2.75, 3.05) is 26.0 Å². The van der Waals surface area contributed by atoms with Gasteiger partial charge in [-0.1, -0.05) is 6.92 Å². The van der Waals surface area contributed by atoms with E-state index in [9.17, 15) is 14.4 Å². The Morgan fingerprint density at radius 2 is 1.96 bits per heavy atom. The summed E-state index contributed by atoms with van der Waals surface area (Å²) in [6.07, 6.45) is 0.675. The summed E-state index contributed by atoms with van der Waals surface area (Å²) in [6.45, 7) is 5.62. The molecule has 0 atom stereocenters.